The van der Waals surface area contributed by atoms with Crippen molar-refractivity contribution in [3.8, 4) is 16.5 Å². The van der Waals surface area contributed by atoms with Gasteiger partial charge < -0.3 is 10.1 Å². The third-order valence-electron chi connectivity index (χ3n) is 4.31. The lowest BCUT2D eigenvalue weighted by molar-refractivity contribution is -0.115. The van der Waals surface area contributed by atoms with Crippen molar-refractivity contribution in [3.05, 3.63) is 40.7 Å². The molecule has 0 spiro atoms. The summed E-state index contributed by atoms with van der Waals surface area (Å²) in [5.41, 5.74) is 0.575. The van der Waals surface area contributed by atoms with E-state index in [0.717, 1.165) is 28.7 Å². The molecule has 1 aromatic carbocycles. The summed E-state index contributed by atoms with van der Waals surface area (Å²) < 4.78 is 7.48. The van der Waals surface area contributed by atoms with Crippen LogP contribution >= 0.6 is 34.7 Å². The van der Waals surface area contributed by atoms with Gasteiger partial charge in [0.2, 0.25) is 5.91 Å². The predicted octanol–water partition coefficient (Wildman–Crippen LogP) is 5.12. The van der Waals surface area contributed by atoms with Crippen LogP contribution in [0.2, 0.25) is 5.02 Å². The average molecular weight is 435 g/mol. The molecule has 1 aliphatic rings. The molecule has 1 fully saturated rings. The molecule has 1 aliphatic carbocycles. The number of anilines is 1. The fourth-order valence-electron chi connectivity index (χ4n) is 2.84. The number of amides is 1. The number of nitrogens with one attached hydrogen (secondary N) is 1. The molecule has 146 valence electrons. The highest BCUT2D eigenvalue weighted by molar-refractivity contribution is 7.99. The molecular weight excluding hydrogens is 416 g/mol. The lowest BCUT2D eigenvalue weighted by atomic mass is 10.3. The van der Waals surface area contributed by atoms with Crippen LogP contribution in [0.3, 0.4) is 0 Å². The smallest absolute Gasteiger partial charge is 0.225 e. The Bertz CT molecular complexity index is 970. The van der Waals surface area contributed by atoms with E-state index in [4.69, 9.17) is 16.3 Å². The second-order valence-electron chi connectivity index (χ2n) is 6.38. The number of carbonyl (C=O) groups excluding carboxylic acids is 1. The first-order valence-electron chi connectivity index (χ1n) is 8.90. The van der Waals surface area contributed by atoms with E-state index in [9.17, 15) is 4.79 Å². The molecule has 1 N–H and O–H groups in total. The van der Waals surface area contributed by atoms with Gasteiger partial charge in [0.05, 0.1) is 17.7 Å². The number of carbonyl (C=O) groups is 1. The maximum atomic E-state index is 12.3. The monoisotopic (exact) mass is 434 g/mol. The largest absolute Gasteiger partial charge is 0.495 e. The average Bonchev–Trinajstić information content (AvgIpc) is 3.20. The van der Waals surface area contributed by atoms with E-state index >= 15 is 0 Å². The Morgan fingerprint density at radius 3 is 2.96 bits per heavy atom. The summed E-state index contributed by atoms with van der Waals surface area (Å²) in [6.07, 6.45) is 2.66. The minimum absolute atomic E-state index is 0.0935. The third-order valence-corrected chi connectivity index (χ3v) is 6.36. The molecule has 2 aromatic heterocycles. The molecule has 28 heavy (non-hydrogen) atoms. The van der Waals surface area contributed by atoms with E-state index in [-0.39, 0.29) is 5.91 Å². The normalized spacial score (nSPS) is 13.5. The van der Waals surface area contributed by atoms with E-state index in [1.807, 2.05) is 11.4 Å². The molecule has 0 unspecified atom stereocenters. The Balaban J connectivity index is 1.38. The number of rotatable bonds is 8. The molecule has 9 heteroatoms. The molecule has 0 saturated heterocycles. The summed E-state index contributed by atoms with van der Waals surface area (Å²) in [6.45, 7) is 0. The van der Waals surface area contributed by atoms with Gasteiger partial charge in [-0.05, 0) is 42.5 Å². The van der Waals surface area contributed by atoms with E-state index < -0.39 is 0 Å². The van der Waals surface area contributed by atoms with Crippen molar-refractivity contribution >= 4 is 46.3 Å². The van der Waals surface area contributed by atoms with E-state index in [1.165, 1.54) is 0 Å². The Morgan fingerprint density at radius 1 is 1.39 bits per heavy atom. The topological polar surface area (TPSA) is 69.0 Å². The lowest BCUT2D eigenvalue weighted by Gasteiger charge is -2.11. The van der Waals surface area contributed by atoms with Gasteiger partial charge in [-0.1, -0.05) is 29.4 Å². The van der Waals surface area contributed by atoms with Crippen molar-refractivity contribution in [2.45, 2.75) is 30.5 Å². The third kappa shape index (κ3) is 4.34. The van der Waals surface area contributed by atoms with Gasteiger partial charge in [-0.25, -0.2) is 0 Å². The minimum atomic E-state index is -0.0935. The zero-order valence-electron chi connectivity index (χ0n) is 15.2. The van der Waals surface area contributed by atoms with Crippen LogP contribution in [0.25, 0.3) is 10.7 Å². The first-order chi connectivity index (χ1) is 13.7. The number of ether oxygens (including phenoxy) is 1. The van der Waals surface area contributed by atoms with E-state index in [0.29, 0.717) is 34.7 Å². The maximum Gasteiger partial charge on any atom is 0.225 e. The van der Waals surface area contributed by atoms with E-state index in [1.54, 1.807) is 48.4 Å². The molecule has 0 atom stereocenters. The van der Waals surface area contributed by atoms with Crippen LogP contribution in [0.4, 0.5) is 5.69 Å². The number of thiophene rings is 1. The Labute approximate surface area is 176 Å². The van der Waals surface area contributed by atoms with Gasteiger partial charge in [0.25, 0.3) is 0 Å². The van der Waals surface area contributed by atoms with Gasteiger partial charge >= 0.3 is 0 Å². The van der Waals surface area contributed by atoms with Crippen molar-refractivity contribution in [1.82, 2.24) is 14.8 Å². The molecule has 3 aromatic rings. The Kier molecular flexibility index (Phi) is 5.89. The Morgan fingerprint density at radius 2 is 2.25 bits per heavy atom. The predicted molar refractivity (Wildman–Crippen MR) is 114 cm³/mol. The lowest BCUT2D eigenvalue weighted by Crippen LogP contribution is -2.13. The molecule has 6 nitrogen and oxygen atoms in total. The highest BCUT2D eigenvalue weighted by Gasteiger charge is 2.30. The second-order valence-corrected chi connectivity index (χ2v) is 8.82. The SMILES string of the molecule is COc1ccc(Cl)cc1NC(=O)CCSc1nnc(-c2cccs2)n1C1CC1. The second kappa shape index (κ2) is 8.55. The Hall–Kier alpha value is -2.03. The number of nitrogens with zero attached hydrogens (tertiary/aromatic N) is 3. The number of halogens is 1. The highest BCUT2D eigenvalue weighted by atomic mass is 35.5. The van der Waals surface area contributed by atoms with Crippen molar-refractivity contribution in [2.24, 2.45) is 0 Å². The quantitative estimate of drug-likeness (QED) is 0.498. The molecule has 1 amide bonds. The van der Waals surface area contributed by atoms with Gasteiger partial charge in [-0.3, -0.25) is 9.36 Å². The molecule has 0 aliphatic heterocycles. The zero-order valence-corrected chi connectivity index (χ0v) is 17.6. The summed E-state index contributed by atoms with van der Waals surface area (Å²) in [6, 6.07) is 9.70. The number of methoxy groups -OCH3 is 1. The number of hydrogen-bond acceptors (Lipinski definition) is 6. The van der Waals surface area contributed by atoms with Gasteiger partial charge in [0.1, 0.15) is 5.75 Å². The molecule has 0 bridgehead atoms. The van der Waals surface area contributed by atoms with Gasteiger partial charge in [-0.15, -0.1) is 21.5 Å². The van der Waals surface area contributed by atoms with Crippen LogP contribution in [-0.4, -0.2) is 33.5 Å². The van der Waals surface area contributed by atoms with Crippen molar-refractivity contribution in [2.75, 3.05) is 18.2 Å². The van der Waals surface area contributed by atoms with Gasteiger partial charge in [0, 0.05) is 23.2 Å². The fraction of sp³-hybridized carbons (Fsp3) is 0.316. The molecule has 4 rings (SSSR count). The van der Waals surface area contributed by atoms with Crippen LogP contribution in [0, 0.1) is 0 Å². The summed E-state index contributed by atoms with van der Waals surface area (Å²) in [5, 5.41) is 15.1. The van der Waals surface area contributed by atoms with E-state index in [2.05, 4.69) is 26.1 Å². The summed E-state index contributed by atoms with van der Waals surface area (Å²) in [4.78, 5) is 13.5. The van der Waals surface area contributed by atoms with Crippen molar-refractivity contribution < 1.29 is 9.53 Å². The number of aromatic nitrogens is 3. The number of benzene rings is 1. The zero-order chi connectivity index (χ0) is 19.5. The van der Waals surface area contributed by atoms with Gasteiger partial charge in [-0.2, -0.15) is 0 Å². The maximum absolute atomic E-state index is 12.3. The molecule has 0 radical (unpaired) electrons. The summed E-state index contributed by atoms with van der Waals surface area (Å²) in [7, 11) is 1.56. The van der Waals surface area contributed by atoms with Crippen LogP contribution < -0.4 is 10.1 Å². The summed E-state index contributed by atoms with van der Waals surface area (Å²) in [5.74, 6) is 2.03. The minimum Gasteiger partial charge on any atom is -0.495 e. The number of hydrogen-bond donors (Lipinski definition) is 1. The summed E-state index contributed by atoms with van der Waals surface area (Å²) >= 11 is 9.24. The number of thioether (sulfide) groups is 1. The van der Waals surface area contributed by atoms with Crippen LogP contribution in [0.1, 0.15) is 25.3 Å². The van der Waals surface area contributed by atoms with Crippen molar-refractivity contribution in [3.63, 3.8) is 0 Å². The van der Waals surface area contributed by atoms with Crippen LogP contribution in [0.5, 0.6) is 5.75 Å². The van der Waals surface area contributed by atoms with Crippen LogP contribution in [0.15, 0.2) is 40.9 Å². The fourth-order valence-corrected chi connectivity index (χ4v) is 4.66. The molecule has 1 saturated carbocycles. The first kappa shape index (κ1) is 19.3. The molecule has 2 heterocycles. The molecular formula is C19H19ClN4O2S2. The van der Waals surface area contributed by atoms with Gasteiger partial charge in [0.15, 0.2) is 11.0 Å². The standard InChI is InChI=1S/C19H19ClN4O2S2/c1-26-15-7-4-12(20)11-14(15)21-17(25)8-10-28-19-23-22-18(16-3-2-9-27-16)24(19)13-5-6-13/h2-4,7,9,11,13H,5-6,8,10H2,1H3,(H,21,25). The van der Waals surface area contributed by atoms with Crippen molar-refractivity contribution in [1.29, 1.82) is 0 Å². The first-order valence-corrected chi connectivity index (χ1v) is 11.1. The highest BCUT2D eigenvalue weighted by Crippen LogP contribution is 2.41. The van der Waals surface area contributed by atoms with Crippen LogP contribution in [-0.2, 0) is 4.79 Å².